The highest BCUT2D eigenvalue weighted by atomic mass is 16.5. The Balaban J connectivity index is 1.95. The van der Waals surface area contributed by atoms with Gasteiger partial charge in [0, 0.05) is 12.1 Å². The van der Waals surface area contributed by atoms with Crippen LogP contribution in [-0.2, 0) is 16.1 Å². The summed E-state index contributed by atoms with van der Waals surface area (Å²) < 4.78 is 5.42. The number of rotatable bonds is 3. The third-order valence-electron chi connectivity index (χ3n) is 3.36. The standard InChI is InChI=1S/C16H20N2O2/c1-12-9-15(11-20-12)16(19)18-10-14-6-3-2-5-13(14)7-4-8-17/h2-3,5-6,12,15H,8-11,17H2,1H3,(H,18,19). The van der Waals surface area contributed by atoms with Gasteiger partial charge in [-0.1, -0.05) is 30.0 Å². The molecular formula is C16H20N2O2. The van der Waals surface area contributed by atoms with Crippen LogP contribution in [0.4, 0.5) is 0 Å². The molecule has 106 valence electrons. The first-order valence-corrected chi connectivity index (χ1v) is 6.87. The number of hydrogen-bond donors (Lipinski definition) is 2. The van der Waals surface area contributed by atoms with E-state index in [4.69, 9.17) is 10.5 Å². The number of ether oxygens (including phenoxy) is 1. The summed E-state index contributed by atoms with van der Waals surface area (Å²) in [6, 6.07) is 7.77. The molecule has 2 atom stereocenters. The van der Waals surface area contributed by atoms with Gasteiger partial charge >= 0.3 is 0 Å². The number of hydrogen-bond acceptors (Lipinski definition) is 3. The van der Waals surface area contributed by atoms with Crippen molar-refractivity contribution in [2.45, 2.75) is 26.0 Å². The smallest absolute Gasteiger partial charge is 0.225 e. The second-order valence-corrected chi connectivity index (χ2v) is 4.96. The SMILES string of the molecule is CC1CC(C(=O)NCc2ccccc2C#CCN)CO1. The van der Waals surface area contributed by atoms with Crippen LogP contribution in [0, 0.1) is 17.8 Å². The molecule has 0 spiro atoms. The Morgan fingerprint density at radius 1 is 1.50 bits per heavy atom. The molecule has 1 aliphatic heterocycles. The minimum atomic E-state index is -0.0349. The number of nitrogens with one attached hydrogen (secondary N) is 1. The third-order valence-corrected chi connectivity index (χ3v) is 3.36. The third kappa shape index (κ3) is 3.83. The van der Waals surface area contributed by atoms with Crippen molar-refractivity contribution in [2.75, 3.05) is 13.2 Å². The lowest BCUT2D eigenvalue weighted by Gasteiger charge is -2.10. The largest absolute Gasteiger partial charge is 0.378 e. The van der Waals surface area contributed by atoms with Gasteiger partial charge in [-0.3, -0.25) is 4.79 Å². The van der Waals surface area contributed by atoms with Crippen molar-refractivity contribution < 1.29 is 9.53 Å². The van der Waals surface area contributed by atoms with Crippen molar-refractivity contribution in [2.24, 2.45) is 11.7 Å². The van der Waals surface area contributed by atoms with Crippen LogP contribution in [-0.4, -0.2) is 25.2 Å². The lowest BCUT2D eigenvalue weighted by molar-refractivity contribution is -0.125. The number of benzene rings is 1. The summed E-state index contributed by atoms with van der Waals surface area (Å²) >= 11 is 0. The maximum Gasteiger partial charge on any atom is 0.225 e. The van der Waals surface area contributed by atoms with E-state index in [1.165, 1.54) is 0 Å². The van der Waals surface area contributed by atoms with E-state index >= 15 is 0 Å². The summed E-state index contributed by atoms with van der Waals surface area (Å²) in [6.45, 7) is 3.32. The van der Waals surface area contributed by atoms with Gasteiger partial charge in [0.1, 0.15) is 0 Å². The average Bonchev–Trinajstić information content (AvgIpc) is 2.90. The zero-order valence-corrected chi connectivity index (χ0v) is 11.7. The Hall–Kier alpha value is -1.83. The Bertz CT molecular complexity index is 531. The van der Waals surface area contributed by atoms with Gasteiger partial charge in [-0.05, 0) is 25.0 Å². The number of nitrogens with two attached hydrogens (primary N) is 1. The zero-order chi connectivity index (χ0) is 14.4. The van der Waals surface area contributed by atoms with Crippen molar-refractivity contribution in [1.29, 1.82) is 0 Å². The lowest BCUT2D eigenvalue weighted by Crippen LogP contribution is -2.30. The van der Waals surface area contributed by atoms with Crippen molar-refractivity contribution in [3.63, 3.8) is 0 Å². The van der Waals surface area contributed by atoms with Gasteiger partial charge in [-0.15, -0.1) is 0 Å². The average molecular weight is 272 g/mol. The molecule has 2 unspecified atom stereocenters. The van der Waals surface area contributed by atoms with E-state index in [0.717, 1.165) is 17.5 Å². The van der Waals surface area contributed by atoms with E-state index < -0.39 is 0 Å². The quantitative estimate of drug-likeness (QED) is 0.808. The maximum atomic E-state index is 12.0. The normalized spacial score (nSPS) is 21.1. The second-order valence-electron chi connectivity index (χ2n) is 4.96. The van der Waals surface area contributed by atoms with Crippen LogP contribution in [0.2, 0.25) is 0 Å². The molecular weight excluding hydrogens is 252 g/mol. The molecule has 0 radical (unpaired) electrons. The first-order chi connectivity index (χ1) is 9.70. The van der Waals surface area contributed by atoms with Crippen LogP contribution >= 0.6 is 0 Å². The summed E-state index contributed by atoms with van der Waals surface area (Å²) in [6.07, 6.45) is 0.967. The fourth-order valence-corrected chi connectivity index (χ4v) is 2.27. The van der Waals surface area contributed by atoms with Gasteiger partial charge in [-0.2, -0.15) is 0 Å². The Morgan fingerprint density at radius 2 is 2.30 bits per heavy atom. The molecule has 0 aromatic heterocycles. The topological polar surface area (TPSA) is 64.4 Å². The first kappa shape index (κ1) is 14.6. The van der Waals surface area contributed by atoms with Crippen molar-refractivity contribution in [3.05, 3.63) is 35.4 Å². The van der Waals surface area contributed by atoms with Crippen LogP contribution in [0.1, 0.15) is 24.5 Å². The van der Waals surface area contributed by atoms with Crippen molar-refractivity contribution in [1.82, 2.24) is 5.32 Å². The van der Waals surface area contributed by atoms with Crippen LogP contribution < -0.4 is 11.1 Å². The van der Waals surface area contributed by atoms with E-state index in [2.05, 4.69) is 17.2 Å². The monoisotopic (exact) mass is 272 g/mol. The highest BCUT2D eigenvalue weighted by Crippen LogP contribution is 2.19. The second kappa shape index (κ2) is 7.09. The Kier molecular flexibility index (Phi) is 5.16. The predicted molar refractivity (Wildman–Crippen MR) is 77.7 cm³/mol. The van der Waals surface area contributed by atoms with E-state index in [1.807, 2.05) is 31.2 Å². The lowest BCUT2D eigenvalue weighted by atomic mass is 10.0. The molecule has 0 saturated carbocycles. The summed E-state index contributed by atoms with van der Waals surface area (Å²) in [5.41, 5.74) is 7.31. The predicted octanol–water partition coefficient (Wildman–Crippen LogP) is 1.04. The number of carbonyl (C=O) groups is 1. The molecule has 0 aliphatic carbocycles. The van der Waals surface area contributed by atoms with Crippen LogP contribution in [0.5, 0.6) is 0 Å². The first-order valence-electron chi connectivity index (χ1n) is 6.87. The minimum Gasteiger partial charge on any atom is -0.378 e. The molecule has 1 aromatic rings. The van der Waals surface area contributed by atoms with E-state index in [-0.39, 0.29) is 17.9 Å². The van der Waals surface area contributed by atoms with Crippen LogP contribution in [0.25, 0.3) is 0 Å². The van der Waals surface area contributed by atoms with Crippen molar-refractivity contribution >= 4 is 5.91 Å². The van der Waals surface area contributed by atoms with Gasteiger partial charge in [0.2, 0.25) is 5.91 Å². The Morgan fingerprint density at radius 3 is 3.00 bits per heavy atom. The number of amides is 1. The highest BCUT2D eigenvalue weighted by molar-refractivity contribution is 5.79. The summed E-state index contributed by atoms with van der Waals surface area (Å²) in [5.74, 6) is 5.88. The van der Waals surface area contributed by atoms with Crippen LogP contribution in [0.15, 0.2) is 24.3 Å². The zero-order valence-electron chi connectivity index (χ0n) is 11.7. The van der Waals surface area contributed by atoms with Gasteiger partial charge in [-0.25, -0.2) is 0 Å². The van der Waals surface area contributed by atoms with Crippen LogP contribution in [0.3, 0.4) is 0 Å². The molecule has 1 aromatic carbocycles. The molecule has 0 bridgehead atoms. The molecule has 1 amide bonds. The molecule has 4 heteroatoms. The fraction of sp³-hybridized carbons (Fsp3) is 0.438. The highest BCUT2D eigenvalue weighted by Gasteiger charge is 2.27. The minimum absolute atomic E-state index is 0.0349. The van der Waals surface area contributed by atoms with E-state index in [1.54, 1.807) is 0 Å². The van der Waals surface area contributed by atoms with Crippen molar-refractivity contribution in [3.8, 4) is 11.8 Å². The Labute approximate surface area is 119 Å². The molecule has 4 nitrogen and oxygen atoms in total. The molecule has 3 N–H and O–H groups in total. The van der Waals surface area contributed by atoms with E-state index in [9.17, 15) is 4.79 Å². The molecule has 1 heterocycles. The summed E-state index contributed by atoms with van der Waals surface area (Å²) in [4.78, 5) is 12.0. The maximum absolute atomic E-state index is 12.0. The molecule has 2 rings (SSSR count). The van der Waals surface area contributed by atoms with Gasteiger partial charge < -0.3 is 15.8 Å². The molecule has 1 aliphatic rings. The molecule has 20 heavy (non-hydrogen) atoms. The summed E-state index contributed by atoms with van der Waals surface area (Å²) in [5, 5.41) is 2.96. The van der Waals surface area contributed by atoms with Gasteiger partial charge in [0.25, 0.3) is 0 Å². The molecule has 1 saturated heterocycles. The van der Waals surface area contributed by atoms with Gasteiger partial charge in [0.05, 0.1) is 25.2 Å². The number of carbonyl (C=O) groups excluding carboxylic acids is 1. The van der Waals surface area contributed by atoms with Gasteiger partial charge in [0.15, 0.2) is 0 Å². The summed E-state index contributed by atoms with van der Waals surface area (Å²) in [7, 11) is 0. The fourth-order valence-electron chi connectivity index (χ4n) is 2.27. The van der Waals surface area contributed by atoms with E-state index in [0.29, 0.717) is 19.7 Å². The molecule has 1 fully saturated rings.